The second kappa shape index (κ2) is 7.80. The fourth-order valence-electron chi connectivity index (χ4n) is 10.5. The Kier molecular flexibility index (Phi) is 4.94. The molecule has 2 spiro atoms. The van der Waals surface area contributed by atoms with Crippen LogP contribution in [-0.2, 0) is 22.2 Å². The molecule has 2 aromatic carbocycles. The van der Waals surface area contributed by atoms with Crippen molar-refractivity contribution in [2.75, 3.05) is 20.2 Å². The number of fused-ring (bicyclic) bond motifs is 2. The lowest BCUT2D eigenvalue weighted by Gasteiger charge is -2.75. The molecule has 1 saturated heterocycles. The first-order valence-corrected chi connectivity index (χ1v) is 15.3. The maximum atomic E-state index is 12.6. The van der Waals surface area contributed by atoms with Crippen LogP contribution in [0.4, 0.5) is 0 Å². The number of phenols is 1. The Bertz CT molecular complexity index is 1330. The molecule has 2 aromatic rings. The lowest BCUT2D eigenvalue weighted by atomic mass is 9.33. The fourth-order valence-corrected chi connectivity index (χ4v) is 10.5. The molecule has 39 heavy (non-hydrogen) atoms. The lowest BCUT2D eigenvalue weighted by Crippen LogP contribution is -2.82. The highest BCUT2D eigenvalue weighted by molar-refractivity contribution is 5.63. The number of phenolic OH excluding ortho intramolecular Hbond substituents is 1. The van der Waals surface area contributed by atoms with E-state index >= 15 is 0 Å². The SMILES string of the molecule is CO[C@]12CC[C@@]3(C[C@@H]1C(C)(O)c1ccc(C(C)C)cc1)[C@H]1Cc4ccc(O)c5c4[C@@]3(CCN1CC1CC1)[C@H]2O5. The van der Waals surface area contributed by atoms with Gasteiger partial charge in [0.05, 0.1) is 5.60 Å². The number of hydrogen-bond acceptors (Lipinski definition) is 5. The third-order valence-corrected chi connectivity index (χ3v) is 12.5. The predicted octanol–water partition coefficient (Wildman–Crippen LogP) is 5.65. The third kappa shape index (κ3) is 2.87. The number of piperidine rings is 1. The molecule has 5 aliphatic carbocycles. The van der Waals surface area contributed by atoms with E-state index in [4.69, 9.17) is 9.47 Å². The number of rotatable bonds is 6. The first-order valence-electron chi connectivity index (χ1n) is 15.3. The first kappa shape index (κ1) is 24.7. The molecule has 4 bridgehead atoms. The lowest BCUT2D eigenvalue weighted by molar-refractivity contribution is -0.304. The van der Waals surface area contributed by atoms with Crippen LogP contribution in [0, 0.1) is 17.3 Å². The van der Waals surface area contributed by atoms with Gasteiger partial charge in [0, 0.05) is 42.0 Å². The number of aliphatic hydroxyl groups is 1. The van der Waals surface area contributed by atoms with E-state index in [2.05, 4.69) is 49.1 Å². The van der Waals surface area contributed by atoms with Crippen molar-refractivity contribution >= 4 is 0 Å². The van der Waals surface area contributed by atoms with Crippen molar-refractivity contribution in [1.29, 1.82) is 0 Å². The van der Waals surface area contributed by atoms with Gasteiger partial charge in [-0.2, -0.15) is 0 Å². The smallest absolute Gasteiger partial charge is 0.165 e. The monoisotopic (exact) mass is 529 g/mol. The molecule has 0 radical (unpaired) electrons. The van der Waals surface area contributed by atoms with Gasteiger partial charge in [-0.05, 0) is 93.0 Å². The molecule has 7 atom stereocenters. The molecule has 0 aromatic heterocycles. The minimum atomic E-state index is -1.07. The van der Waals surface area contributed by atoms with Crippen molar-refractivity contribution in [3.8, 4) is 11.5 Å². The van der Waals surface area contributed by atoms with E-state index in [0.717, 1.165) is 50.1 Å². The summed E-state index contributed by atoms with van der Waals surface area (Å²) in [7, 11) is 1.83. The van der Waals surface area contributed by atoms with E-state index in [9.17, 15) is 10.2 Å². The molecular formula is C34H43NO4. The van der Waals surface area contributed by atoms with Gasteiger partial charge in [-0.15, -0.1) is 0 Å². The van der Waals surface area contributed by atoms with E-state index < -0.39 is 11.2 Å². The topological polar surface area (TPSA) is 62.2 Å². The van der Waals surface area contributed by atoms with E-state index in [1.807, 2.05) is 20.1 Å². The molecule has 208 valence electrons. The van der Waals surface area contributed by atoms with Crippen molar-refractivity contribution in [2.24, 2.45) is 17.3 Å². The molecule has 5 fully saturated rings. The van der Waals surface area contributed by atoms with E-state index in [-0.39, 0.29) is 28.6 Å². The fraction of sp³-hybridized carbons (Fsp3) is 0.647. The number of ether oxygens (including phenoxy) is 2. The molecule has 1 unspecified atom stereocenters. The van der Waals surface area contributed by atoms with E-state index in [0.29, 0.717) is 17.7 Å². The summed E-state index contributed by atoms with van der Waals surface area (Å²) in [6.07, 6.45) is 7.42. The standard InChI is InChI=1S/C34H43NO4/c1-20(2)22-7-10-24(11-8-22)31(3,37)26-18-32-13-14-34(26,38-4)30-33(32)15-16-35(19-21-5-6-21)27(32)17-23-9-12-25(36)29(39-30)28(23)33/h7-12,20-21,26-27,30,36-37H,5-6,13-19H2,1-4H3/t26-,27-,30-,31?,32-,33+,34-/m1/s1. The summed E-state index contributed by atoms with van der Waals surface area (Å²) in [4.78, 5) is 2.82. The van der Waals surface area contributed by atoms with Crippen LogP contribution in [0.1, 0.15) is 87.5 Å². The van der Waals surface area contributed by atoms with Crippen molar-refractivity contribution < 1.29 is 19.7 Å². The molecule has 7 aliphatic rings. The second-order valence-electron chi connectivity index (χ2n) is 14.3. The summed E-state index contributed by atoms with van der Waals surface area (Å²) >= 11 is 0. The van der Waals surface area contributed by atoms with Crippen LogP contribution in [0.3, 0.4) is 0 Å². The van der Waals surface area contributed by atoms with Crippen LogP contribution in [-0.4, -0.2) is 53.1 Å². The molecule has 5 heteroatoms. The third-order valence-electron chi connectivity index (χ3n) is 12.5. The summed E-state index contributed by atoms with van der Waals surface area (Å²) in [5.74, 6) is 2.12. The van der Waals surface area contributed by atoms with Crippen molar-refractivity contribution in [2.45, 2.75) is 100 Å². The maximum Gasteiger partial charge on any atom is 0.165 e. The van der Waals surface area contributed by atoms with Gasteiger partial charge in [-0.1, -0.05) is 44.2 Å². The number of benzene rings is 2. The molecule has 2 heterocycles. The van der Waals surface area contributed by atoms with Gasteiger partial charge in [0.15, 0.2) is 11.5 Å². The van der Waals surface area contributed by atoms with Gasteiger partial charge >= 0.3 is 0 Å². The number of nitrogens with zero attached hydrogens (tertiary/aromatic N) is 1. The van der Waals surface area contributed by atoms with Gasteiger partial charge < -0.3 is 19.7 Å². The minimum Gasteiger partial charge on any atom is -0.504 e. The number of hydrogen-bond donors (Lipinski definition) is 2. The maximum absolute atomic E-state index is 12.6. The van der Waals surface area contributed by atoms with Gasteiger partial charge in [-0.3, -0.25) is 4.90 Å². The summed E-state index contributed by atoms with van der Waals surface area (Å²) in [6, 6.07) is 13.0. The Morgan fingerprint density at radius 3 is 2.56 bits per heavy atom. The van der Waals surface area contributed by atoms with E-state index in [1.165, 1.54) is 36.1 Å². The Labute approximate surface area is 232 Å². The largest absolute Gasteiger partial charge is 0.504 e. The molecule has 2 N–H and O–H groups in total. The van der Waals surface area contributed by atoms with Crippen LogP contribution in [0.2, 0.25) is 0 Å². The highest BCUT2D eigenvalue weighted by atomic mass is 16.6. The minimum absolute atomic E-state index is 0.0103. The number of aromatic hydroxyl groups is 1. The molecular weight excluding hydrogens is 486 g/mol. The summed E-state index contributed by atoms with van der Waals surface area (Å²) in [6.45, 7) is 8.70. The average Bonchev–Trinajstić information content (AvgIpc) is 3.68. The van der Waals surface area contributed by atoms with Gasteiger partial charge in [-0.25, -0.2) is 0 Å². The normalized spacial score (nSPS) is 39.4. The zero-order valence-electron chi connectivity index (χ0n) is 23.9. The van der Waals surface area contributed by atoms with E-state index in [1.54, 1.807) is 0 Å². The van der Waals surface area contributed by atoms with Crippen LogP contribution < -0.4 is 4.74 Å². The van der Waals surface area contributed by atoms with Crippen LogP contribution in [0.15, 0.2) is 36.4 Å². The quantitative estimate of drug-likeness (QED) is 0.507. The first-order chi connectivity index (χ1) is 18.7. The van der Waals surface area contributed by atoms with Crippen LogP contribution in [0.5, 0.6) is 11.5 Å². The van der Waals surface area contributed by atoms with Crippen molar-refractivity contribution in [3.63, 3.8) is 0 Å². The molecule has 0 amide bonds. The van der Waals surface area contributed by atoms with Gasteiger partial charge in [0.2, 0.25) is 0 Å². The molecule has 9 rings (SSSR count). The van der Waals surface area contributed by atoms with Crippen LogP contribution >= 0.6 is 0 Å². The number of likely N-dealkylation sites (tertiary alicyclic amines) is 1. The van der Waals surface area contributed by atoms with Gasteiger partial charge in [0.25, 0.3) is 0 Å². The molecule has 5 nitrogen and oxygen atoms in total. The predicted molar refractivity (Wildman–Crippen MR) is 150 cm³/mol. The number of methoxy groups -OCH3 is 1. The Balaban J connectivity index is 1.31. The summed E-state index contributed by atoms with van der Waals surface area (Å²) in [5.41, 5.74) is 2.98. The van der Waals surface area contributed by atoms with Crippen molar-refractivity contribution in [1.82, 2.24) is 4.90 Å². The van der Waals surface area contributed by atoms with Crippen molar-refractivity contribution in [3.05, 3.63) is 58.7 Å². The summed E-state index contributed by atoms with van der Waals surface area (Å²) < 4.78 is 13.6. The Morgan fingerprint density at radius 2 is 1.87 bits per heavy atom. The molecule has 2 aliphatic heterocycles. The Hall–Kier alpha value is -2.08. The highest BCUT2D eigenvalue weighted by Gasteiger charge is 2.82. The van der Waals surface area contributed by atoms with Gasteiger partial charge in [0.1, 0.15) is 11.7 Å². The zero-order valence-corrected chi connectivity index (χ0v) is 23.9. The zero-order chi connectivity index (χ0) is 26.9. The average molecular weight is 530 g/mol. The second-order valence-corrected chi connectivity index (χ2v) is 14.3. The Morgan fingerprint density at radius 1 is 1.10 bits per heavy atom. The molecule has 4 saturated carbocycles. The summed E-state index contributed by atoms with van der Waals surface area (Å²) in [5, 5.41) is 23.6. The van der Waals surface area contributed by atoms with Crippen LogP contribution in [0.25, 0.3) is 0 Å². The highest BCUT2D eigenvalue weighted by Crippen LogP contribution is 2.78.